The summed E-state index contributed by atoms with van der Waals surface area (Å²) in [4.78, 5) is 2.49. The standard InChI is InChI=1S/C8H18BrN/c1-3-6-10(7-4-2)8-5-9/h3-8H2,1-2H3. The maximum atomic E-state index is 3.45. The second-order valence-corrected chi connectivity index (χ2v) is 3.32. The summed E-state index contributed by atoms with van der Waals surface area (Å²) in [7, 11) is 0. The molecule has 0 radical (unpaired) electrons. The quantitative estimate of drug-likeness (QED) is 0.606. The van der Waals surface area contributed by atoms with Crippen LogP contribution < -0.4 is 0 Å². The Bertz CT molecular complexity index is 52.0. The molecule has 0 bridgehead atoms. The van der Waals surface area contributed by atoms with E-state index in [1.54, 1.807) is 0 Å². The van der Waals surface area contributed by atoms with Gasteiger partial charge in [0.25, 0.3) is 0 Å². The second-order valence-electron chi connectivity index (χ2n) is 2.53. The minimum absolute atomic E-state index is 1.10. The van der Waals surface area contributed by atoms with E-state index in [1.165, 1.54) is 32.5 Å². The van der Waals surface area contributed by atoms with Gasteiger partial charge in [0.05, 0.1) is 0 Å². The monoisotopic (exact) mass is 207 g/mol. The van der Waals surface area contributed by atoms with E-state index in [9.17, 15) is 0 Å². The summed E-state index contributed by atoms with van der Waals surface area (Å²) < 4.78 is 0. The lowest BCUT2D eigenvalue weighted by molar-refractivity contribution is 0.292. The lowest BCUT2D eigenvalue weighted by Gasteiger charge is -2.18. The summed E-state index contributed by atoms with van der Waals surface area (Å²) in [6, 6.07) is 0. The molecule has 2 heteroatoms. The van der Waals surface area contributed by atoms with E-state index in [0.717, 1.165) is 5.33 Å². The highest BCUT2D eigenvalue weighted by atomic mass is 79.9. The molecule has 0 aliphatic carbocycles. The van der Waals surface area contributed by atoms with Crippen LogP contribution in [0, 0.1) is 0 Å². The van der Waals surface area contributed by atoms with Crippen LogP contribution in [0.3, 0.4) is 0 Å². The number of hydrogen-bond donors (Lipinski definition) is 0. The zero-order valence-corrected chi connectivity index (χ0v) is 8.65. The zero-order chi connectivity index (χ0) is 7.82. The molecule has 0 fully saturated rings. The highest BCUT2D eigenvalue weighted by molar-refractivity contribution is 9.09. The average Bonchev–Trinajstić information content (AvgIpc) is 1.90. The first-order valence-corrected chi connectivity index (χ1v) is 5.25. The van der Waals surface area contributed by atoms with Crippen molar-refractivity contribution in [3.05, 3.63) is 0 Å². The third-order valence-electron chi connectivity index (χ3n) is 1.48. The molecule has 0 aromatic carbocycles. The SMILES string of the molecule is CCCN(CCC)CCBr. The Balaban J connectivity index is 3.30. The van der Waals surface area contributed by atoms with E-state index in [0.29, 0.717) is 0 Å². The van der Waals surface area contributed by atoms with Crippen LogP contribution in [0.4, 0.5) is 0 Å². The molecule has 10 heavy (non-hydrogen) atoms. The molecule has 0 saturated heterocycles. The smallest absolute Gasteiger partial charge is 0.0159 e. The fourth-order valence-corrected chi connectivity index (χ4v) is 1.59. The van der Waals surface area contributed by atoms with Crippen molar-refractivity contribution in [2.45, 2.75) is 26.7 Å². The summed E-state index contributed by atoms with van der Waals surface area (Å²) in [5.74, 6) is 0. The van der Waals surface area contributed by atoms with E-state index in [-0.39, 0.29) is 0 Å². The van der Waals surface area contributed by atoms with E-state index >= 15 is 0 Å². The number of alkyl halides is 1. The number of rotatable bonds is 6. The predicted octanol–water partition coefficient (Wildman–Crippen LogP) is 2.50. The minimum Gasteiger partial charge on any atom is -0.303 e. The third kappa shape index (κ3) is 5.24. The summed E-state index contributed by atoms with van der Waals surface area (Å²) in [5.41, 5.74) is 0. The minimum atomic E-state index is 1.10. The van der Waals surface area contributed by atoms with Crippen LogP contribution >= 0.6 is 15.9 Å². The highest BCUT2D eigenvalue weighted by Crippen LogP contribution is 1.94. The fraction of sp³-hybridized carbons (Fsp3) is 1.00. The van der Waals surface area contributed by atoms with Gasteiger partial charge in [-0.2, -0.15) is 0 Å². The first-order chi connectivity index (χ1) is 4.85. The zero-order valence-electron chi connectivity index (χ0n) is 7.07. The maximum absolute atomic E-state index is 3.45. The molecule has 0 aliphatic rings. The van der Waals surface area contributed by atoms with Crippen molar-refractivity contribution in [1.82, 2.24) is 4.90 Å². The summed E-state index contributed by atoms with van der Waals surface area (Å²) in [5, 5.41) is 1.10. The molecule has 0 heterocycles. The van der Waals surface area contributed by atoms with Crippen LogP contribution in [0.25, 0.3) is 0 Å². The lowest BCUT2D eigenvalue weighted by atomic mass is 10.3. The van der Waals surface area contributed by atoms with Crippen LogP contribution in [0.15, 0.2) is 0 Å². The third-order valence-corrected chi connectivity index (χ3v) is 1.84. The van der Waals surface area contributed by atoms with E-state index in [1.807, 2.05) is 0 Å². The van der Waals surface area contributed by atoms with Crippen molar-refractivity contribution in [1.29, 1.82) is 0 Å². The largest absolute Gasteiger partial charge is 0.303 e. The van der Waals surface area contributed by atoms with Crippen molar-refractivity contribution < 1.29 is 0 Å². The van der Waals surface area contributed by atoms with Crippen molar-refractivity contribution >= 4 is 15.9 Å². The molecular weight excluding hydrogens is 190 g/mol. The molecule has 1 nitrogen and oxygen atoms in total. The van der Waals surface area contributed by atoms with Crippen molar-refractivity contribution in [2.75, 3.05) is 25.0 Å². The average molecular weight is 208 g/mol. The van der Waals surface area contributed by atoms with Crippen LogP contribution in [0.1, 0.15) is 26.7 Å². The molecule has 0 rings (SSSR count). The molecule has 0 unspecified atom stereocenters. The molecule has 0 aromatic heterocycles. The normalized spacial score (nSPS) is 10.8. The fourth-order valence-electron chi connectivity index (χ4n) is 1.09. The van der Waals surface area contributed by atoms with E-state index in [2.05, 4.69) is 34.7 Å². The van der Waals surface area contributed by atoms with Crippen LogP contribution in [0.2, 0.25) is 0 Å². The topological polar surface area (TPSA) is 3.24 Å². The first kappa shape index (κ1) is 10.4. The molecule has 0 aromatic rings. The van der Waals surface area contributed by atoms with Gasteiger partial charge < -0.3 is 4.90 Å². The van der Waals surface area contributed by atoms with Gasteiger partial charge in [-0.3, -0.25) is 0 Å². The molecule has 0 atom stereocenters. The van der Waals surface area contributed by atoms with Crippen LogP contribution in [0.5, 0.6) is 0 Å². The number of halogens is 1. The molecular formula is C8H18BrN. The Hall–Kier alpha value is 0.440. The van der Waals surface area contributed by atoms with Gasteiger partial charge in [-0.15, -0.1) is 0 Å². The van der Waals surface area contributed by atoms with Crippen molar-refractivity contribution in [3.8, 4) is 0 Å². The van der Waals surface area contributed by atoms with Crippen molar-refractivity contribution in [2.24, 2.45) is 0 Å². The Morgan fingerprint density at radius 2 is 1.50 bits per heavy atom. The summed E-state index contributed by atoms with van der Waals surface area (Å²) in [6.45, 7) is 8.16. The van der Waals surface area contributed by atoms with Gasteiger partial charge in [-0.25, -0.2) is 0 Å². The molecule has 0 spiro atoms. The molecule has 0 saturated carbocycles. The van der Waals surface area contributed by atoms with Gasteiger partial charge >= 0.3 is 0 Å². The van der Waals surface area contributed by atoms with Crippen LogP contribution in [-0.4, -0.2) is 29.9 Å². The summed E-state index contributed by atoms with van der Waals surface area (Å²) in [6.07, 6.45) is 2.54. The van der Waals surface area contributed by atoms with E-state index in [4.69, 9.17) is 0 Å². The first-order valence-electron chi connectivity index (χ1n) is 4.13. The Kier molecular flexibility index (Phi) is 7.88. The van der Waals surface area contributed by atoms with Gasteiger partial charge in [-0.1, -0.05) is 29.8 Å². The second kappa shape index (κ2) is 7.55. The highest BCUT2D eigenvalue weighted by Gasteiger charge is 1.98. The lowest BCUT2D eigenvalue weighted by Crippen LogP contribution is -2.27. The number of nitrogens with zero attached hydrogens (tertiary/aromatic N) is 1. The maximum Gasteiger partial charge on any atom is 0.0159 e. The number of hydrogen-bond acceptors (Lipinski definition) is 1. The van der Waals surface area contributed by atoms with Crippen molar-refractivity contribution in [3.63, 3.8) is 0 Å². The Labute approximate surface area is 72.9 Å². The van der Waals surface area contributed by atoms with Gasteiger partial charge in [-0.05, 0) is 25.9 Å². The Morgan fingerprint density at radius 3 is 1.80 bits per heavy atom. The predicted molar refractivity (Wildman–Crippen MR) is 50.8 cm³/mol. The molecule has 62 valence electrons. The summed E-state index contributed by atoms with van der Waals surface area (Å²) >= 11 is 3.45. The molecule has 0 amide bonds. The van der Waals surface area contributed by atoms with Gasteiger partial charge in [0.15, 0.2) is 0 Å². The van der Waals surface area contributed by atoms with Gasteiger partial charge in [0.1, 0.15) is 0 Å². The van der Waals surface area contributed by atoms with E-state index < -0.39 is 0 Å². The van der Waals surface area contributed by atoms with Gasteiger partial charge in [0, 0.05) is 11.9 Å². The molecule has 0 aliphatic heterocycles. The molecule has 0 N–H and O–H groups in total. The van der Waals surface area contributed by atoms with Crippen LogP contribution in [-0.2, 0) is 0 Å². The van der Waals surface area contributed by atoms with Gasteiger partial charge in [0.2, 0.25) is 0 Å². The Morgan fingerprint density at radius 1 is 1.00 bits per heavy atom.